The molecule has 0 spiro atoms. The van der Waals surface area contributed by atoms with Gasteiger partial charge in [0.05, 0.1) is 13.1 Å². The van der Waals surface area contributed by atoms with Crippen LogP contribution in [0.15, 0.2) is 33.6 Å². The summed E-state index contributed by atoms with van der Waals surface area (Å²) in [6.07, 6.45) is 5.00. The maximum Gasteiger partial charge on any atom is 0.214 e. The van der Waals surface area contributed by atoms with Crippen LogP contribution in [0.3, 0.4) is 0 Å². The highest BCUT2D eigenvalue weighted by atomic mass is 33.1. The summed E-state index contributed by atoms with van der Waals surface area (Å²) in [7, 11) is 2.76. The van der Waals surface area contributed by atoms with Crippen molar-refractivity contribution in [3.8, 4) is 0 Å². The van der Waals surface area contributed by atoms with Gasteiger partial charge in [-0.25, -0.2) is 19.9 Å². The molecule has 0 saturated heterocycles. The minimum absolute atomic E-state index is 0.150. The fourth-order valence-electron chi connectivity index (χ4n) is 3.50. The zero-order chi connectivity index (χ0) is 28.2. The first-order valence-corrected chi connectivity index (χ1v) is 13.9. The van der Waals surface area contributed by atoms with Crippen LogP contribution in [0.5, 0.6) is 0 Å². The second kappa shape index (κ2) is 15.3. The van der Waals surface area contributed by atoms with Crippen LogP contribution in [0.1, 0.15) is 49.5 Å². The van der Waals surface area contributed by atoms with Crippen LogP contribution in [0.4, 0.5) is 11.6 Å². The summed E-state index contributed by atoms with van der Waals surface area (Å²) in [6.45, 7) is 7.11. The van der Waals surface area contributed by atoms with Crippen LogP contribution in [0, 0.1) is 13.8 Å². The molecule has 0 aliphatic heterocycles. The lowest BCUT2D eigenvalue weighted by molar-refractivity contribution is -0.117. The number of amides is 2. The summed E-state index contributed by atoms with van der Waals surface area (Å²) in [4.78, 5) is 45.1. The molecule has 0 atom stereocenters. The Labute approximate surface area is 230 Å². The molecule has 0 fully saturated rings. The van der Waals surface area contributed by atoms with Crippen molar-refractivity contribution < 1.29 is 19.8 Å². The monoisotopic (exact) mass is 562 g/mol. The zero-order valence-electron chi connectivity index (χ0n) is 21.9. The van der Waals surface area contributed by atoms with Gasteiger partial charge in [0.25, 0.3) is 0 Å². The molecule has 2 aromatic rings. The maximum atomic E-state index is 12.0. The highest BCUT2D eigenvalue weighted by Gasteiger charge is 2.18. The predicted octanol–water partition coefficient (Wildman–Crippen LogP) is 2.27. The van der Waals surface area contributed by atoms with E-state index in [-0.39, 0.29) is 50.8 Å². The lowest BCUT2D eigenvalue weighted by Gasteiger charge is -2.25. The Bertz CT molecular complexity index is 1100. The van der Waals surface area contributed by atoms with Crippen LogP contribution in [-0.2, 0) is 22.7 Å². The molecule has 6 N–H and O–H groups in total. The van der Waals surface area contributed by atoms with Crippen molar-refractivity contribution in [2.75, 3.05) is 24.7 Å². The van der Waals surface area contributed by atoms with Crippen LogP contribution in [0.25, 0.3) is 0 Å². The Kier molecular flexibility index (Phi) is 12.5. The number of allylic oxidation sites excluding steroid dienone is 2. The van der Waals surface area contributed by atoms with Crippen molar-refractivity contribution in [3.05, 3.63) is 56.4 Å². The lowest BCUT2D eigenvalue weighted by Crippen LogP contribution is -2.24. The van der Waals surface area contributed by atoms with Crippen molar-refractivity contribution >= 4 is 46.0 Å². The largest absolute Gasteiger partial charge is 0.396 e. The molecule has 2 aromatic heterocycles. The van der Waals surface area contributed by atoms with Gasteiger partial charge in [-0.3, -0.25) is 9.59 Å². The summed E-state index contributed by atoms with van der Waals surface area (Å²) in [5.41, 5.74) is 14.4. The summed E-state index contributed by atoms with van der Waals surface area (Å²) >= 11 is 0. The van der Waals surface area contributed by atoms with Gasteiger partial charge in [-0.05, 0) is 27.7 Å². The van der Waals surface area contributed by atoms with Gasteiger partial charge in [-0.15, -0.1) is 0 Å². The molecule has 2 amide bonds. The predicted molar refractivity (Wildman–Crippen MR) is 150 cm³/mol. The van der Waals surface area contributed by atoms with Crippen molar-refractivity contribution in [2.24, 2.45) is 0 Å². The van der Waals surface area contributed by atoms with E-state index in [4.69, 9.17) is 11.5 Å². The molecule has 0 unspecified atom stereocenters. The van der Waals surface area contributed by atoms with Gasteiger partial charge < -0.3 is 31.5 Å². The number of hydrogen-bond acceptors (Lipinski definition) is 12. The smallest absolute Gasteiger partial charge is 0.214 e. The molecule has 2 heterocycles. The van der Waals surface area contributed by atoms with Crippen molar-refractivity contribution in [2.45, 2.75) is 53.6 Å². The highest BCUT2D eigenvalue weighted by molar-refractivity contribution is 8.79. The Morgan fingerprint density at radius 2 is 1.18 bits per heavy atom. The quantitative estimate of drug-likeness (QED) is 0.184. The Morgan fingerprint density at radius 3 is 1.47 bits per heavy atom. The summed E-state index contributed by atoms with van der Waals surface area (Å²) < 4.78 is 0. The molecule has 0 aromatic carbocycles. The molecular formula is C24H34N8O4S2. The van der Waals surface area contributed by atoms with Crippen molar-refractivity contribution in [3.63, 3.8) is 0 Å². The number of aromatic nitrogens is 4. The lowest BCUT2D eigenvalue weighted by atomic mass is 10.2. The number of nitrogen functional groups attached to an aromatic ring is 2. The molecule has 0 aliphatic rings. The molecule has 0 aliphatic carbocycles. The molecule has 0 saturated carbocycles. The molecule has 206 valence electrons. The normalized spacial score (nSPS) is 12.5. The van der Waals surface area contributed by atoms with Gasteiger partial charge >= 0.3 is 0 Å². The topological polar surface area (TPSA) is 185 Å². The first kappa shape index (κ1) is 31.0. The summed E-state index contributed by atoms with van der Waals surface area (Å²) in [6, 6.07) is 0. The molecule has 38 heavy (non-hydrogen) atoms. The number of nitrogens with zero attached hydrogens (tertiary/aromatic N) is 6. The second-order valence-electron chi connectivity index (χ2n) is 8.24. The number of hydrogen-bond donors (Lipinski definition) is 4. The van der Waals surface area contributed by atoms with E-state index in [0.29, 0.717) is 47.0 Å². The van der Waals surface area contributed by atoms with E-state index in [2.05, 4.69) is 19.9 Å². The average Bonchev–Trinajstić information content (AvgIpc) is 2.88. The molecule has 14 heteroatoms. The zero-order valence-corrected chi connectivity index (χ0v) is 23.6. The Morgan fingerprint density at radius 1 is 0.816 bits per heavy atom. The minimum Gasteiger partial charge on any atom is -0.396 e. The minimum atomic E-state index is -0.161. The van der Waals surface area contributed by atoms with Gasteiger partial charge in [0.15, 0.2) is 0 Å². The van der Waals surface area contributed by atoms with E-state index in [0.717, 1.165) is 9.81 Å². The summed E-state index contributed by atoms with van der Waals surface area (Å²) in [5.74, 6) is 1.63. The van der Waals surface area contributed by atoms with Gasteiger partial charge in [0, 0.05) is 70.8 Å². The standard InChI is InChI=1S/C24H34N8O4S2/c1-15(21(5-7-33)31(13-35)11-19-9-27-17(3)29-23(19)25)37-38-16(2)22(6-8-34)32(14-36)12-20-10-28-18(4)30-24(20)26/h9-10,13-14,33-34H,5-8,11-12H2,1-4H3,(H2,25,27,29)(H2,26,28,30)/b21-15+,22-16+. The van der Waals surface area contributed by atoms with Gasteiger partial charge in [-0.1, -0.05) is 21.6 Å². The van der Waals surface area contributed by atoms with Gasteiger partial charge in [0.1, 0.15) is 23.3 Å². The third-order valence-electron chi connectivity index (χ3n) is 5.47. The molecule has 2 rings (SSSR count). The van der Waals surface area contributed by atoms with Crippen molar-refractivity contribution in [1.29, 1.82) is 0 Å². The van der Waals surface area contributed by atoms with Crippen LogP contribution in [0.2, 0.25) is 0 Å². The number of aliphatic hydroxyl groups excluding tert-OH is 2. The van der Waals surface area contributed by atoms with Crippen LogP contribution >= 0.6 is 21.6 Å². The Hall–Kier alpha value is -3.20. The number of carbonyl (C=O) groups is 2. The first-order chi connectivity index (χ1) is 18.1. The fraction of sp³-hybridized carbons (Fsp3) is 0.417. The van der Waals surface area contributed by atoms with Gasteiger partial charge in [-0.2, -0.15) is 0 Å². The number of nitrogens with two attached hydrogens (primary N) is 2. The van der Waals surface area contributed by atoms with E-state index >= 15 is 0 Å². The number of rotatable bonds is 15. The third kappa shape index (κ3) is 8.68. The van der Waals surface area contributed by atoms with E-state index < -0.39 is 0 Å². The number of aryl methyl sites for hydroxylation is 2. The average molecular weight is 563 g/mol. The molecule has 12 nitrogen and oxygen atoms in total. The molecular weight excluding hydrogens is 528 g/mol. The van der Waals surface area contributed by atoms with E-state index in [1.165, 1.54) is 31.4 Å². The van der Waals surface area contributed by atoms with Crippen LogP contribution in [-0.4, -0.2) is 66.0 Å². The van der Waals surface area contributed by atoms with E-state index in [1.807, 2.05) is 13.8 Å². The van der Waals surface area contributed by atoms with E-state index in [9.17, 15) is 19.8 Å². The third-order valence-corrected chi connectivity index (χ3v) is 8.27. The number of anilines is 2. The number of aliphatic hydroxyl groups is 2. The fourth-order valence-corrected chi connectivity index (χ4v) is 5.71. The Balaban J connectivity index is 2.29. The molecule has 0 bridgehead atoms. The van der Waals surface area contributed by atoms with Crippen LogP contribution < -0.4 is 11.5 Å². The summed E-state index contributed by atoms with van der Waals surface area (Å²) in [5, 5.41) is 19.3. The number of carbonyl (C=O) groups excluding carboxylic acids is 2. The van der Waals surface area contributed by atoms with E-state index in [1.54, 1.807) is 26.2 Å². The van der Waals surface area contributed by atoms with Crippen molar-refractivity contribution in [1.82, 2.24) is 29.7 Å². The first-order valence-electron chi connectivity index (χ1n) is 11.7. The maximum absolute atomic E-state index is 12.0. The second-order valence-corrected chi connectivity index (χ2v) is 10.8. The molecule has 0 radical (unpaired) electrons. The SMILES string of the molecule is C/C(SS/C(C)=C(\CCO)N(C=O)Cc1cnc(C)nc1N)=C(/CCO)N(C=O)Cc1cnc(C)nc1N. The highest BCUT2D eigenvalue weighted by Crippen LogP contribution is 2.41. The van der Waals surface area contributed by atoms with Gasteiger partial charge in [0.2, 0.25) is 12.8 Å².